The van der Waals surface area contributed by atoms with Crippen molar-refractivity contribution in [1.82, 2.24) is 10.3 Å². The summed E-state index contributed by atoms with van der Waals surface area (Å²) in [5, 5.41) is 3.28. The third kappa shape index (κ3) is 2.15. The number of nitrogens with one attached hydrogen (secondary N) is 2. The van der Waals surface area contributed by atoms with E-state index in [1.54, 1.807) is 23.1 Å². The highest BCUT2D eigenvalue weighted by molar-refractivity contribution is 5.97. The molecule has 6 nitrogen and oxygen atoms in total. The Hall–Kier alpha value is -2.08. The standard InChI is InChI=1S/C13H15N3O3/c1-2-14-8-5-12(17)16(7-8)9-3-4-11-10(6-9)15-13(18)19-11/h3-4,6,8,14H,2,5,7H2,1H3,(H,15,18). The number of aromatic amines is 1. The maximum absolute atomic E-state index is 12.0. The molecule has 0 saturated carbocycles. The lowest BCUT2D eigenvalue weighted by molar-refractivity contribution is -0.117. The Kier molecular flexibility index (Phi) is 2.87. The normalized spacial score (nSPS) is 19.5. The number of carbonyl (C=O) groups excluding carboxylic acids is 1. The minimum Gasteiger partial charge on any atom is -0.408 e. The summed E-state index contributed by atoms with van der Waals surface area (Å²) < 4.78 is 4.95. The van der Waals surface area contributed by atoms with E-state index in [0.29, 0.717) is 24.1 Å². The summed E-state index contributed by atoms with van der Waals surface area (Å²) >= 11 is 0. The fraction of sp³-hybridized carbons (Fsp3) is 0.385. The molecule has 1 unspecified atom stereocenters. The lowest BCUT2D eigenvalue weighted by Gasteiger charge is -2.16. The SMILES string of the molecule is CCNC1CC(=O)N(c2ccc3oc(=O)[nH]c3c2)C1. The van der Waals surface area contributed by atoms with Gasteiger partial charge in [-0.15, -0.1) is 0 Å². The molecule has 0 spiro atoms. The quantitative estimate of drug-likeness (QED) is 0.858. The smallest absolute Gasteiger partial charge is 0.408 e. The first-order chi connectivity index (χ1) is 9.17. The van der Waals surface area contributed by atoms with Gasteiger partial charge in [0.2, 0.25) is 5.91 Å². The average Bonchev–Trinajstić information content (AvgIpc) is 2.90. The van der Waals surface area contributed by atoms with Crippen LogP contribution in [0.2, 0.25) is 0 Å². The molecule has 0 aliphatic carbocycles. The summed E-state index contributed by atoms with van der Waals surface area (Å²) in [6.07, 6.45) is 0.508. The number of fused-ring (bicyclic) bond motifs is 1. The number of carbonyl (C=O) groups is 1. The van der Waals surface area contributed by atoms with Crippen LogP contribution >= 0.6 is 0 Å². The molecule has 2 aromatic rings. The van der Waals surface area contributed by atoms with Crippen molar-refractivity contribution in [3.63, 3.8) is 0 Å². The Balaban J connectivity index is 1.91. The summed E-state index contributed by atoms with van der Waals surface area (Å²) in [4.78, 5) is 27.4. The summed E-state index contributed by atoms with van der Waals surface area (Å²) in [6, 6.07) is 5.46. The van der Waals surface area contributed by atoms with Gasteiger partial charge in [-0.25, -0.2) is 4.79 Å². The highest BCUT2D eigenvalue weighted by atomic mass is 16.4. The van der Waals surface area contributed by atoms with Crippen molar-refractivity contribution in [1.29, 1.82) is 0 Å². The molecule has 6 heteroatoms. The predicted molar refractivity (Wildman–Crippen MR) is 71.3 cm³/mol. The minimum atomic E-state index is -0.481. The third-order valence-corrected chi connectivity index (χ3v) is 3.33. The van der Waals surface area contributed by atoms with Crippen LogP contribution < -0.4 is 16.0 Å². The number of likely N-dealkylation sites (N-methyl/N-ethyl adjacent to an activating group) is 1. The Morgan fingerprint density at radius 1 is 1.47 bits per heavy atom. The molecule has 19 heavy (non-hydrogen) atoms. The molecule has 1 aromatic heterocycles. The van der Waals surface area contributed by atoms with Crippen LogP contribution in [0.1, 0.15) is 13.3 Å². The first-order valence-corrected chi connectivity index (χ1v) is 6.34. The topological polar surface area (TPSA) is 78.3 Å². The van der Waals surface area contributed by atoms with Gasteiger partial charge >= 0.3 is 5.76 Å². The van der Waals surface area contributed by atoms with Gasteiger partial charge in [-0.2, -0.15) is 0 Å². The predicted octanol–water partition coefficient (Wildman–Crippen LogP) is 0.836. The fourth-order valence-corrected chi connectivity index (χ4v) is 2.49. The van der Waals surface area contributed by atoms with Crippen LogP contribution in [0.4, 0.5) is 5.69 Å². The van der Waals surface area contributed by atoms with E-state index in [-0.39, 0.29) is 11.9 Å². The van der Waals surface area contributed by atoms with Crippen LogP contribution in [0, 0.1) is 0 Å². The van der Waals surface area contributed by atoms with E-state index < -0.39 is 5.76 Å². The van der Waals surface area contributed by atoms with E-state index in [2.05, 4.69) is 10.3 Å². The van der Waals surface area contributed by atoms with E-state index in [9.17, 15) is 9.59 Å². The zero-order valence-corrected chi connectivity index (χ0v) is 10.6. The van der Waals surface area contributed by atoms with Gasteiger partial charge in [-0.05, 0) is 24.7 Å². The third-order valence-electron chi connectivity index (χ3n) is 3.33. The second kappa shape index (κ2) is 4.55. The fourth-order valence-electron chi connectivity index (χ4n) is 2.49. The lowest BCUT2D eigenvalue weighted by Crippen LogP contribution is -2.32. The van der Waals surface area contributed by atoms with Gasteiger partial charge in [-0.3, -0.25) is 9.78 Å². The van der Waals surface area contributed by atoms with Crippen molar-refractivity contribution in [2.45, 2.75) is 19.4 Å². The second-order valence-electron chi connectivity index (χ2n) is 4.66. The van der Waals surface area contributed by atoms with Gasteiger partial charge < -0.3 is 14.6 Å². The van der Waals surface area contributed by atoms with Gasteiger partial charge in [0.1, 0.15) is 0 Å². The number of benzene rings is 1. The van der Waals surface area contributed by atoms with Crippen molar-refractivity contribution in [2.75, 3.05) is 18.0 Å². The molecule has 1 fully saturated rings. The summed E-state index contributed by atoms with van der Waals surface area (Å²) in [5.74, 6) is -0.387. The number of nitrogens with zero attached hydrogens (tertiary/aromatic N) is 1. The van der Waals surface area contributed by atoms with E-state index in [1.807, 2.05) is 6.92 Å². The first-order valence-electron chi connectivity index (χ1n) is 6.34. The van der Waals surface area contributed by atoms with Crippen LogP contribution in [-0.4, -0.2) is 30.0 Å². The number of rotatable bonds is 3. The van der Waals surface area contributed by atoms with Crippen molar-refractivity contribution in [3.8, 4) is 0 Å². The Morgan fingerprint density at radius 2 is 2.32 bits per heavy atom. The van der Waals surface area contributed by atoms with Crippen molar-refractivity contribution in [2.24, 2.45) is 0 Å². The molecule has 2 heterocycles. The van der Waals surface area contributed by atoms with E-state index in [0.717, 1.165) is 12.2 Å². The second-order valence-corrected chi connectivity index (χ2v) is 4.66. The number of amides is 1. The van der Waals surface area contributed by atoms with E-state index in [4.69, 9.17) is 4.42 Å². The van der Waals surface area contributed by atoms with E-state index in [1.165, 1.54) is 0 Å². The molecule has 0 bridgehead atoms. The van der Waals surface area contributed by atoms with Crippen LogP contribution in [0.3, 0.4) is 0 Å². The van der Waals surface area contributed by atoms with Gasteiger partial charge in [0.05, 0.1) is 5.52 Å². The largest absolute Gasteiger partial charge is 0.417 e. The van der Waals surface area contributed by atoms with Crippen molar-refractivity contribution < 1.29 is 9.21 Å². The number of anilines is 1. The average molecular weight is 261 g/mol. The zero-order valence-electron chi connectivity index (χ0n) is 10.6. The maximum atomic E-state index is 12.0. The molecule has 2 N–H and O–H groups in total. The molecule has 1 aliphatic heterocycles. The highest BCUT2D eigenvalue weighted by Gasteiger charge is 2.30. The number of hydrogen-bond donors (Lipinski definition) is 2. The van der Waals surface area contributed by atoms with Crippen molar-refractivity contribution >= 4 is 22.7 Å². The summed E-state index contributed by atoms with van der Waals surface area (Å²) in [7, 11) is 0. The number of H-pyrrole nitrogens is 1. The van der Waals surface area contributed by atoms with Crippen LogP contribution in [0.25, 0.3) is 11.1 Å². The molecule has 1 amide bonds. The molecule has 1 saturated heterocycles. The molecule has 3 rings (SSSR count). The molecule has 1 aliphatic rings. The molecular formula is C13H15N3O3. The monoisotopic (exact) mass is 261 g/mol. The summed E-state index contributed by atoms with van der Waals surface area (Å²) in [5.41, 5.74) is 1.90. The Bertz CT molecular complexity index is 673. The maximum Gasteiger partial charge on any atom is 0.417 e. The summed E-state index contributed by atoms with van der Waals surface area (Å²) in [6.45, 7) is 3.52. The number of hydrogen-bond acceptors (Lipinski definition) is 4. The minimum absolute atomic E-state index is 0.0936. The molecular weight excluding hydrogens is 246 g/mol. The Morgan fingerprint density at radius 3 is 3.11 bits per heavy atom. The molecule has 1 aromatic carbocycles. The first kappa shape index (κ1) is 12.0. The molecule has 100 valence electrons. The van der Waals surface area contributed by atoms with Crippen LogP contribution in [0.15, 0.2) is 27.4 Å². The van der Waals surface area contributed by atoms with Gasteiger partial charge in [0.25, 0.3) is 0 Å². The lowest BCUT2D eigenvalue weighted by atomic mass is 10.2. The molecule has 1 atom stereocenters. The highest BCUT2D eigenvalue weighted by Crippen LogP contribution is 2.24. The van der Waals surface area contributed by atoms with Gasteiger partial charge in [0, 0.05) is 24.7 Å². The molecule has 0 radical (unpaired) electrons. The number of oxazole rings is 1. The number of aromatic nitrogens is 1. The van der Waals surface area contributed by atoms with Crippen LogP contribution in [-0.2, 0) is 4.79 Å². The van der Waals surface area contributed by atoms with Crippen LogP contribution in [0.5, 0.6) is 0 Å². The zero-order chi connectivity index (χ0) is 13.4. The van der Waals surface area contributed by atoms with Gasteiger partial charge in [-0.1, -0.05) is 6.92 Å². The van der Waals surface area contributed by atoms with E-state index >= 15 is 0 Å². The van der Waals surface area contributed by atoms with Gasteiger partial charge in [0.15, 0.2) is 5.58 Å². The van der Waals surface area contributed by atoms with Crippen molar-refractivity contribution in [3.05, 3.63) is 28.7 Å². The Labute approximate surface area is 109 Å².